The van der Waals surface area contributed by atoms with Crippen molar-refractivity contribution in [2.75, 3.05) is 6.61 Å². The number of hydrogen-bond acceptors (Lipinski definition) is 4. The zero-order valence-corrected chi connectivity index (χ0v) is 22.6. The lowest BCUT2D eigenvalue weighted by Crippen LogP contribution is -2.58. The number of aliphatic hydroxyl groups is 2. The minimum absolute atomic E-state index is 0.179. The molecule has 0 unspecified atom stereocenters. The molecular formula is C30H48O4. The van der Waals surface area contributed by atoms with Crippen LogP contribution in [-0.4, -0.2) is 40.4 Å². The van der Waals surface area contributed by atoms with E-state index in [0.29, 0.717) is 36.1 Å². The molecule has 0 aromatic heterocycles. The molecule has 0 aromatic rings. The first-order valence-electron chi connectivity index (χ1n) is 13.9. The lowest BCUT2D eigenvalue weighted by Gasteiger charge is -2.63. The highest BCUT2D eigenvalue weighted by molar-refractivity contribution is 5.85. The fraction of sp³-hybridized carbons (Fsp3) is 0.900. The summed E-state index contributed by atoms with van der Waals surface area (Å²) in [6.07, 6.45) is 9.84. The SMILES string of the molecule is CC(C)(O)[C@@H]1OC[C@H]([C@@H]2CC[C@]3(C)C4=CC[C@@H]5C(C)(C)C(=O)CC[C@]5(C)[C@@H]4CC[C@@]23C)C[C@H]1O. The minimum Gasteiger partial charge on any atom is -0.390 e. The number of rotatable bonds is 2. The second-order valence-electron chi connectivity index (χ2n) is 14.6. The Bertz CT molecular complexity index is 883. The molecule has 4 fully saturated rings. The lowest BCUT2D eigenvalue weighted by molar-refractivity contribution is -0.187. The molecular weight excluding hydrogens is 424 g/mol. The van der Waals surface area contributed by atoms with E-state index in [2.05, 4.69) is 40.7 Å². The molecule has 9 atom stereocenters. The summed E-state index contributed by atoms with van der Waals surface area (Å²) in [6.45, 7) is 16.1. The van der Waals surface area contributed by atoms with Crippen molar-refractivity contribution in [2.45, 2.75) is 118 Å². The molecule has 0 bridgehead atoms. The van der Waals surface area contributed by atoms with Crippen molar-refractivity contribution in [3.05, 3.63) is 11.6 Å². The highest BCUT2D eigenvalue weighted by atomic mass is 16.5. The van der Waals surface area contributed by atoms with Crippen LogP contribution < -0.4 is 0 Å². The van der Waals surface area contributed by atoms with Crippen LogP contribution >= 0.6 is 0 Å². The van der Waals surface area contributed by atoms with Gasteiger partial charge >= 0.3 is 0 Å². The van der Waals surface area contributed by atoms with Crippen molar-refractivity contribution in [3.63, 3.8) is 0 Å². The Hall–Kier alpha value is -0.710. The van der Waals surface area contributed by atoms with E-state index in [4.69, 9.17) is 4.74 Å². The van der Waals surface area contributed by atoms with E-state index < -0.39 is 17.8 Å². The largest absolute Gasteiger partial charge is 0.390 e. The third-order valence-corrected chi connectivity index (χ3v) is 12.3. The summed E-state index contributed by atoms with van der Waals surface area (Å²) in [5.41, 5.74) is 1.05. The van der Waals surface area contributed by atoms with E-state index in [9.17, 15) is 15.0 Å². The van der Waals surface area contributed by atoms with E-state index in [1.54, 1.807) is 19.4 Å². The molecule has 2 N–H and O–H groups in total. The van der Waals surface area contributed by atoms with E-state index >= 15 is 0 Å². The van der Waals surface area contributed by atoms with Crippen LogP contribution in [0.2, 0.25) is 0 Å². The lowest BCUT2D eigenvalue weighted by atomic mass is 9.41. The Morgan fingerprint density at radius 3 is 2.41 bits per heavy atom. The number of hydrogen-bond donors (Lipinski definition) is 2. The van der Waals surface area contributed by atoms with Gasteiger partial charge in [0.2, 0.25) is 0 Å². The summed E-state index contributed by atoms with van der Waals surface area (Å²) in [5.74, 6) is 2.37. The molecule has 0 radical (unpaired) electrons. The van der Waals surface area contributed by atoms with Gasteiger partial charge in [-0.3, -0.25) is 4.79 Å². The summed E-state index contributed by atoms with van der Waals surface area (Å²) in [7, 11) is 0. The zero-order chi connectivity index (χ0) is 24.9. The average Bonchev–Trinajstić information content (AvgIpc) is 3.02. The van der Waals surface area contributed by atoms with E-state index in [-0.39, 0.29) is 21.7 Å². The number of carbonyl (C=O) groups excluding carboxylic acids is 1. The predicted molar refractivity (Wildman–Crippen MR) is 134 cm³/mol. The number of ether oxygens (including phenoxy) is 1. The average molecular weight is 473 g/mol. The van der Waals surface area contributed by atoms with Gasteiger partial charge < -0.3 is 14.9 Å². The Balaban J connectivity index is 1.43. The number of aliphatic hydroxyl groups excluding tert-OH is 1. The van der Waals surface area contributed by atoms with Crippen molar-refractivity contribution in [1.29, 1.82) is 0 Å². The zero-order valence-electron chi connectivity index (χ0n) is 22.6. The maximum absolute atomic E-state index is 12.8. The van der Waals surface area contributed by atoms with Gasteiger partial charge in [0.15, 0.2) is 0 Å². The quantitative estimate of drug-likeness (QED) is 0.506. The highest BCUT2D eigenvalue weighted by Gasteiger charge is 2.66. The van der Waals surface area contributed by atoms with Crippen LogP contribution in [0.15, 0.2) is 11.6 Å². The molecule has 1 aliphatic heterocycles. The van der Waals surface area contributed by atoms with Gasteiger partial charge in [-0.1, -0.05) is 46.3 Å². The molecule has 0 amide bonds. The molecule has 0 aromatic carbocycles. The number of ketones is 1. The third-order valence-electron chi connectivity index (χ3n) is 12.3. The summed E-state index contributed by atoms with van der Waals surface area (Å²) >= 11 is 0. The summed E-state index contributed by atoms with van der Waals surface area (Å²) in [4.78, 5) is 12.8. The highest BCUT2D eigenvalue weighted by Crippen LogP contribution is 2.73. The molecule has 34 heavy (non-hydrogen) atoms. The van der Waals surface area contributed by atoms with Crippen molar-refractivity contribution < 1.29 is 19.7 Å². The first-order valence-corrected chi connectivity index (χ1v) is 13.9. The van der Waals surface area contributed by atoms with Gasteiger partial charge in [-0.05, 0) is 98.7 Å². The van der Waals surface area contributed by atoms with Crippen molar-refractivity contribution in [3.8, 4) is 0 Å². The van der Waals surface area contributed by atoms with Gasteiger partial charge in [-0.15, -0.1) is 0 Å². The molecule has 192 valence electrons. The molecule has 3 saturated carbocycles. The number of Topliss-reactive ketones (excluding diaryl/α,β-unsaturated/α-hetero) is 1. The summed E-state index contributed by atoms with van der Waals surface area (Å²) < 4.78 is 6.12. The fourth-order valence-corrected chi connectivity index (χ4v) is 10.1. The van der Waals surface area contributed by atoms with Gasteiger partial charge in [0, 0.05) is 11.8 Å². The van der Waals surface area contributed by atoms with Gasteiger partial charge in [-0.2, -0.15) is 0 Å². The van der Waals surface area contributed by atoms with Gasteiger partial charge in [0.1, 0.15) is 11.9 Å². The predicted octanol–water partition coefficient (Wildman–Crippen LogP) is 5.70. The van der Waals surface area contributed by atoms with Crippen LogP contribution in [0.5, 0.6) is 0 Å². The Morgan fingerprint density at radius 2 is 1.76 bits per heavy atom. The van der Waals surface area contributed by atoms with Crippen LogP contribution in [0.1, 0.15) is 99.8 Å². The Labute approximate surface area is 206 Å². The molecule has 4 aliphatic carbocycles. The molecule has 4 nitrogen and oxygen atoms in total. The number of carbonyl (C=O) groups is 1. The minimum atomic E-state index is -1.02. The number of fused-ring (bicyclic) bond motifs is 5. The first kappa shape index (κ1) is 25.0. The fourth-order valence-electron chi connectivity index (χ4n) is 10.1. The van der Waals surface area contributed by atoms with E-state index in [1.807, 2.05) is 0 Å². The van der Waals surface area contributed by atoms with Crippen molar-refractivity contribution >= 4 is 5.78 Å². The third kappa shape index (κ3) is 3.23. The van der Waals surface area contributed by atoms with Gasteiger partial charge in [0.25, 0.3) is 0 Å². The second kappa shape index (κ2) is 7.65. The molecule has 4 heteroatoms. The smallest absolute Gasteiger partial charge is 0.138 e. The molecule has 1 saturated heterocycles. The second-order valence-corrected chi connectivity index (χ2v) is 14.6. The van der Waals surface area contributed by atoms with Gasteiger partial charge in [-0.25, -0.2) is 0 Å². The standard InChI is InChI=1S/C30H48O4/c1-26(2)23-9-8-21-20(28(23,5)13-12-24(26)32)11-15-29(6)19(10-14-30(21,29)7)18-16-22(31)25(34-17-18)27(3,4)33/h8,18-20,22-23,25,31,33H,9-17H2,1-7H3/t18-,19+,20-,22-,23-,25-,28-,29+,30-/m1/s1. The maximum atomic E-state index is 12.8. The van der Waals surface area contributed by atoms with Crippen LogP contribution in [-0.2, 0) is 9.53 Å². The monoisotopic (exact) mass is 472 g/mol. The molecule has 5 aliphatic rings. The van der Waals surface area contributed by atoms with Crippen LogP contribution in [0, 0.1) is 45.3 Å². The summed E-state index contributed by atoms with van der Waals surface area (Å²) in [6, 6.07) is 0. The molecule has 1 heterocycles. The topological polar surface area (TPSA) is 66.8 Å². The van der Waals surface area contributed by atoms with Crippen LogP contribution in [0.25, 0.3) is 0 Å². The van der Waals surface area contributed by atoms with Crippen molar-refractivity contribution in [1.82, 2.24) is 0 Å². The van der Waals surface area contributed by atoms with E-state index in [0.717, 1.165) is 25.7 Å². The maximum Gasteiger partial charge on any atom is 0.138 e. The Morgan fingerprint density at radius 1 is 1.06 bits per heavy atom. The van der Waals surface area contributed by atoms with Gasteiger partial charge in [0.05, 0.1) is 18.3 Å². The van der Waals surface area contributed by atoms with Crippen LogP contribution in [0.4, 0.5) is 0 Å². The summed E-state index contributed by atoms with van der Waals surface area (Å²) in [5, 5.41) is 21.3. The Kier molecular flexibility index (Phi) is 5.62. The molecule has 0 spiro atoms. The number of allylic oxidation sites excluding steroid dienone is 2. The van der Waals surface area contributed by atoms with E-state index in [1.165, 1.54) is 25.7 Å². The van der Waals surface area contributed by atoms with Crippen LogP contribution in [0.3, 0.4) is 0 Å². The normalized spacial score (nSPS) is 50.7. The van der Waals surface area contributed by atoms with Crippen molar-refractivity contribution in [2.24, 2.45) is 45.3 Å². The first-order chi connectivity index (χ1) is 15.7. The molecule has 5 rings (SSSR count).